The number of hydrogen-bond donors (Lipinski definition) is 3. The van der Waals surface area contributed by atoms with Gasteiger partial charge in [0.15, 0.2) is 5.82 Å². The first kappa shape index (κ1) is 23.6. The van der Waals surface area contributed by atoms with Crippen LogP contribution in [-0.4, -0.2) is 92.7 Å². The van der Waals surface area contributed by atoms with Crippen molar-refractivity contribution in [3.8, 4) is 0 Å². The van der Waals surface area contributed by atoms with Crippen LogP contribution >= 0.6 is 0 Å². The maximum absolute atomic E-state index is 14.0. The number of nitrogens with one attached hydrogen (secondary N) is 1. The second-order valence-electron chi connectivity index (χ2n) is 9.25. The normalized spacial score (nSPS) is 23.3. The minimum Gasteiger partial charge on any atom is -0.394 e. The number of ether oxygens (including phenoxy) is 1. The number of hydrogen-bond acceptors (Lipinski definition) is 10. The monoisotopic (exact) mass is 486 g/mol. The van der Waals surface area contributed by atoms with E-state index < -0.39 is 12.3 Å². The molecule has 3 aromatic rings. The Labute approximate surface area is 202 Å². The molecule has 3 atom stereocenters. The minimum atomic E-state index is -1.32. The van der Waals surface area contributed by atoms with Crippen LogP contribution in [0.25, 0.3) is 10.9 Å². The molecular formula is C23H31FN8O3. The van der Waals surface area contributed by atoms with Gasteiger partial charge in [0.2, 0.25) is 5.95 Å². The topological polar surface area (TPSA) is 125 Å². The number of aromatic nitrogens is 5. The number of piperidine rings is 1. The van der Waals surface area contributed by atoms with E-state index in [1.165, 1.54) is 0 Å². The summed E-state index contributed by atoms with van der Waals surface area (Å²) < 4.78 is 21.5. The molecule has 11 nitrogen and oxygen atoms in total. The molecule has 2 aliphatic rings. The molecule has 0 saturated carbocycles. The van der Waals surface area contributed by atoms with Gasteiger partial charge in [0, 0.05) is 44.1 Å². The lowest BCUT2D eigenvalue weighted by Crippen LogP contribution is -2.45. The van der Waals surface area contributed by atoms with Gasteiger partial charge in [-0.1, -0.05) is 0 Å². The van der Waals surface area contributed by atoms with Crippen molar-refractivity contribution in [2.45, 2.75) is 44.7 Å². The summed E-state index contributed by atoms with van der Waals surface area (Å²) in [5.74, 6) is 2.37. The lowest BCUT2D eigenvalue weighted by molar-refractivity contribution is 0.00339. The van der Waals surface area contributed by atoms with E-state index >= 15 is 0 Å². The molecule has 3 unspecified atom stereocenters. The van der Waals surface area contributed by atoms with E-state index in [0.717, 1.165) is 16.7 Å². The molecule has 35 heavy (non-hydrogen) atoms. The predicted molar refractivity (Wildman–Crippen MR) is 130 cm³/mol. The van der Waals surface area contributed by atoms with E-state index in [1.54, 1.807) is 23.4 Å². The number of anilines is 4. The highest BCUT2D eigenvalue weighted by Crippen LogP contribution is 2.31. The molecule has 5 heterocycles. The third-order valence-electron chi connectivity index (χ3n) is 6.39. The Morgan fingerprint density at radius 3 is 2.83 bits per heavy atom. The molecule has 2 saturated heterocycles. The summed E-state index contributed by atoms with van der Waals surface area (Å²) in [5, 5.41) is 28.2. The lowest BCUT2D eigenvalue weighted by atomic mass is 10.1. The highest BCUT2D eigenvalue weighted by atomic mass is 19.1. The van der Waals surface area contributed by atoms with Crippen LogP contribution in [0.4, 0.5) is 27.8 Å². The molecule has 188 valence electrons. The third-order valence-corrected chi connectivity index (χ3v) is 6.39. The summed E-state index contributed by atoms with van der Waals surface area (Å²) >= 11 is 0. The molecule has 3 N–H and O–H groups in total. The summed E-state index contributed by atoms with van der Waals surface area (Å²) in [6.45, 7) is 6.46. The van der Waals surface area contributed by atoms with Crippen LogP contribution in [0.3, 0.4) is 0 Å². The smallest absolute Gasteiger partial charge is 0.227 e. The Morgan fingerprint density at radius 2 is 2.06 bits per heavy atom. The molecule has 5 rings (SSSR count). The molecule has 12 heteroatoms. The van der Waals surface area contributed by atoms with Gasteiger partial charge in [0.05, 0.1) is 42.9 Å². The van der Waals surface area contributed by atoms with E-state index in [4.69, 9.17) is 9.84 Å². The van der Waals surface area contributed by atoms with Gasteiger partial charge in [0.1, 0.15) is 17.8 Å². The van der Waals surface area contributed by atoms with Gasteiger partial charge in [-0.2, -0.15) is 10.1 Å². The second kappa shape index (κ2) is 9.88. The van der Waals surface area contributed by atoms with Gasteiger partial charge in [-0.3, -0.25) is 4.68 Å². The molecule has 0 bridgehead atoms. The Kier molecular flexibility index (Phi) is 6.67. The molecule has 0 radical (unpaired) electrons. The minimum absolute atomic E-state index is 0.0312. The zero-order valence-electron chi connectivity index (χ0n) is 19.9. The molecule has 0 aromatic carbocycles. The van der Waals surface area contributed by atoms with Gasteiger partial charge in [-0.05, 0) is 26.3 Å². The van der Waals surface area contributed by atoms with Gasteiger partial charge in [0.25, 0.3) is 0 Å². The number of pyridine rings is 1. The molecule has 2 fully saturated rings. The predicted octanol–water partition coefficient (Wildman–Crippen LogP) is 1.65. The van der Waals surface area contributed by atoms with Gasteiger partial charge >= 0.3 is 0 Å². The maximum Gasteiger partial charge on any atom is 0.227 e. The fraction of sp³-hybridized carbons (Fsp3) is 0.565. The number of aliphatic hydroxyl groups excluding tert-OH is 2. The molecule has 0 aliphatic carbocycles. The molecule has 3 aromatic heterocycles. The first-order chi connectivity index (χ1) is 16.9. The first-order valence-electron chi connectivity index (χ1n) is 12.0. The van der Waals surface area contributed by atoms with E-state index in [-0.39, 0.29) is 25.3 Å². The van der Waals surface area contributed by atoms with Crippen molar-refractivity contribution in [3.63, 3.8) is 0 Å². The zero-order chi connectivity index (χ0) is 24.5. The van der Waals surface area contributed by atoms with Gasteiger partial charge in [-0.15, -0.1) is 0 Å². The Hall–Kier alpha value is -3.09. The van der Waals surface area contributed by atoms with Crippen molar-refractivity contribution < 1.29 is 19.3 Å². The standard InChI is InChI=1S/C23H31FN8O3/c1-14(2)32-18-9-21(26-10-16(18)22(29-32)30-7-8-35-15(11-30)13-33)27-20-3-5-25-23(28-20)31-6-4-19(34)17(24)12-31/h3,5,9-10,14-15,17,19,33-34H,4,6-8,11-13H2,1-2H3,(H,25,26,27,28). The Morgan fingerprint density at radius 1 is 1.20 bits per heavy atom. The maximum atomic E-state index is 14.0. The number of alkyl halides is 1. The SMILES string of the molecule is CC(C)n1nc(N2CCOC(CO)C2)c2cnc(Nc3ccnc(N4CCC(O)C(F)C4)n3)cc21. The number of rotatable bonds is 6. The largest absolute Gasteiger partial charge is 0.394 e. The van der Waals surface area contributed by atoms with E-state index in [9.17, 15) is 14.6 Å². The first-order valence-corrected chi connectivity index (χ1v) is 12.0. The van der Waals surface area contributed by atoms with Crippen molar-refractivity contribution in [1.29, 1.82) is 0 Å². The number of nitrogens with zero attached hydrogens (tertiary/aromatic N) is 7. The zero-order valence-corrected chi connectivity index (χ0v) is 19.9. The average molecular weight is 487 g/mol. The van der Waals surface area contributed by atoms with Crippen LogP contribution in [0.2, 0.25) is 0 Å². The number of halogens is 1. The van der Waals surface area contributed by atoms with Crippen LogP contribution in [0.5, 0.6) is 0 Å². The summed E-state index contributed by atoms with van der Waals surface area (Å²) in [5.41, 5.74) is 0.930. The summed E-state index contributed by atoms with van der Waals surface area (Å²) in [6.07, 6.45) is 1.26. The van der Waals surface area contributed by atoms with Crippen LogP contribution in [0.15, 0.2) is 24.5 Å². The van der Waals surface area contributed by atoms with Crippen molar-refractivity contribution in [3.05, 3.63) is 24.5 Å². The number of fused-ring (bicyclic) bond motifs is 1. The van der Waals surface area contributed by atoms with E-state index in [2.05, 4.69) is 39.0 Å². The van der Waals surface area contributed by atoms with Crippen LogP contribution in [0.1, 0.15) is 26.3 Å². The lowest BCUT2D eigenvalue weighted by Gasteiger charge is -2.32. The van der Waals surface area contributed by atoms with Crippen LogP contribution < -0.4 is 15.1 Å². The van der Waals surface area contributed by atoms with Crippen molar-refractivity contribution in [1.82, 2.24) is 24.7 Å². The average Bonchev–Trinajstić information content (AvgIpc) is 3.25. The van der Waals surface area contributed by atoms with E-state index in [1.807, 2.05) is 10.7 Å². The molecular weight excluding hydrogens is 455 g/mol. The second-order valence-corrected chi connectivity index (χ2v) is 9.25. The molecule has 0 amide bonds. The molecule has 0 spiro atoms. The number of aliphatic hydroxyl groups is 2. The Bertz CT molecular complexity index is 1170. The fourth-order valence-electron chi connectivity index (χ4n) is 4.51. The van der Waals surface area contributed by atoms with Gasteiger partial charge in [-0.25, -0.2) is 14.4 Å². The fourth-order valence-corrected chi connectivity index (χ4v) is 4.51. The molecule has 2 aliphatic heterocycles. The number of morpholine rings is 1. The van der Waals surface area contributed by atoms with Crippen LogP contribution in [0, 0.1) is 0 Å². The summed E-state index contributed by atoms with van der Waals surface area (Å²) in [7, 11) is 0. The third kappa shape index (κ3) is 4.86. The van der Waals surface area contributed by atoms with Crippen molar-refractivity contribution in [2.24, 2.45) is 0 Å². The van der Waals surface area contributed by atoms with Gasteiger partial charge < -0.3 is 30.1 Å². The highest BCUT2D eigenvalue weighted by Gasteiger charge is 2.29. The Balaban J connectivity index is 1.41. The quantitative estimate of drug-likeness (QED) is 0.474. The highest BCUT2D eigenvalue weighted by molar-refractivity contribution is 5.92. The van der Waals surface area contributed by atoms with Crippen molar-refractivity contribution >= 4 is 34.3 Å². The summed E-state index contributed by atoms with van der Waals surface area (Å²) in [6, 6.07) is 3.80. The van der Waals surface area contributed by atoms with Crippen molar-refractivity contribution in [2.75, 3.05) is 54.5 Å². The van der Waals surface area contributed by atoms with Crippen LogP contribution in [-0.2, 0) is 4.74 Å². The summed E-state index contributed by atoms with van der Waals surface area (Å²) in [4.78, 5) is 17.3. The van der Waals surface area contributed by atoms with E-state index in [0.29, 0.717) is 50.2 Å².